The van der Waals surface area contributed by atoms with Crippen LogP contribution in [0.5, 0.6) is 5.75 Å². The van der Waals surface area contributed by atoms with Gasteiger partial charge in [0.2, 0.25) is 59.1 Å². The molecule has 468 valence electrons. The number of nitrogens with zero attached hydrogens (tertiary/aromatic N) is 4. The Morgan fingerprint density at radius 2 is 1.43 bits per heavy atom. The van der Waals surface area contributed by atoms with E-state index in [4.69, 9.17) is 5.73 Å². The van der Waals surface area contributed by atoms with Crippen LogP contribution in [0.3, 0.4) is 0 Å². The molecule has 1 aromatic carbocycles. The van der Waals surface area contributed by atoms with Crippen LogP contribution in [0.2, 0.25) is 0 Å². The maximum Gasteiger partial charge on any atom is 0.253 e. The van der Waals surface area contributed by atoms with Gasteiger partial charge in [-0.05, 0) is 55.2 Å². The zero-order valence-corrected chi connectivity index (χ0v) is 48.7. The molecule has 1 unspecified atom stereocenters. The lowest BCUT2D eigenvalue weighted by molar-refractivity contribution is -0.144. The highest BCUT2D eigenvalue weighted by atomic mass is 32.2. The summed E-state index contributed by atoms with van der Waals surface area (Å²) in [5.74, 6) is -13.7. The Kier molecular flexibility index (Phi) is 20.5. The Balaban J connectivity index is 1.20. The fraction of sp³-hybridized carbons (Fsp3) is 0.600. The summed E-state index contributed by atoms with van der Waals surface area (Å²) < 4.78 is 15.4. The van der Waals surface area contributed by atoms with Crippen molar-refractivity contribution >= 4 is 98.3 Å². The van der Waals surface area contributed by atoms with Crippen molar-refractivity contribution in [2.75, 3.05) is 69.6 Å². The minimum absolute atomic E-state index is 0.0156. The molecule has 12 amide bonds. The number of hydrogen-bond acceptors (Lipinski definition) is 18. The number of nitrogens with one attached hydrogen (secondary N) is 8. The summed E-state index contributed by atoms with van der Waals surface area (Å²) in [6.45, 7) is 2.53. The molecule has 6 aliphatic rings. The first kappa shape index (κ1) is 64.0. The SMILES string of the molecule is CC[C@H](C)[C@@H]1NC(=O)CNC(=O)[C@H]2Cc3c([nH]c4c(N5CCN(C(=O)C6CCC(CN7C(=O)C=CC7=O)CC6)CC5)c(O)ccc34)S(=O)C[C@@H](NC(=O)CNC1=O)C(=O)N[C@@H](CC(N)=O)C(=O)N1C[C@H](O)C[C@H]1C(=O)N[C@@H]([C@H](C)[C@H](O)CO)C(=O)N2. The minimum atomic E-state index is -2.53. The number of anilines is 1. The fourth-order valence-corrected chi connectivity index (χ4v) is 13.3. The molecule has 86 heavy (non-hydrogen) atoms. The highest BCUT2D eigenvalue weighted by molar-refractivity contribution is 7.85. The minimum Gasteiger partial charge on any atom is -0.506 e. The topological polar surface area (TPSA) is 442 Å². The molecule has 14 N–H and O–H groups in total. The van der Waals surface area contributed by atoms with Crippen molar-refractivity contribution in [3.63, 3.8) is 0 Å². The molecule has 3 fully saturated rings. The third-order valence-electron chi connectivity index (χ3n) is 17.1. The number of primary amides is 1. The molecular weight excluding hydrogens is 1150 g/mol. The lowest BCUT2D eigenvalue weighted by atomic mass is 9.81. The number of aromatic hydroxyl groups is 1. The number of piperazine rings is 1. The lowest BCUT2D eigenvalue weighted by Crippen LogP contribution is -2.62. The number of fused-ring (bicyclic) bond motifs is 5. The second-order valence-electron chi connectivity index (χ2n) is 22.9. The van der Waals surface area contributed by atoms with Gasteiger partial charge in [0.05, 0.1) is 60.4 Å². The third-order valence-corrected chi connectivity index (χ3v) is 18.6. The number of H-pyrrole nitrogens is 1. The Hall–Kier alpha value is -8.03. The molecule has 1 saturated carbocycles. The van der Waals surface area contributed by atoms with Crippen LogP contribution in [0.25, 0.3) is 10.9 Å². The number of amides is 12. The number of aliphatic hydroxyl groups excluding tert-OH is 3. The predicted octanol–water partition coefficient (Wildman–Crippen LogP) is -5.54. The van der Waals surface area contributed by atoms with Gasteiger partial charge in [0.25, 0.3) is 11.8 Å². The van der Waals surface area contributed by atoms with Gasteiger partial charge >= 0.3 is 0 Å². The van der Waals surface area contributed by atoms with Gasteiger partial charge in [-0.1, -0.05) is 27.2 Å². The lowest BCUT2D eigenvalue weighted by Gasteiger charge is -2.39. The highest BCUT2D eigenvalue weighted by Gasteiger charge is 2.46. The largest absolute Gasteiger partial charge is 0.506 e. The van der Waals surface area contributed by atoms with Crippen LogP contribution < -0.4 is 47.9 Å². The Labute approximate surface area is 495 Å². The molecule has 0 spiro atoms. The Morgan fingerprint density at radius 3 is 2.07 bits per heavy atom. The van der Waals surface area contributed by atoms with E-state index in [1.165, 1.54) is 36.1 Å². The molecule has 2 bridgehead atoms. The molecule has 30 nitrogen and oxygen atoms in total. The standard InChI is InChI=1S/C55H75N13O17S/c1-4-26(2)44-51(81)58-20-40(74)59-35-25-86(85)53-32(31-9-10-37(71)47(46(31)64-53)65-13-15-66(16-14-65)54(83)29-7-5-28(6-8-29)22-68-42(76)11-12-43(68)77)18-33(48(78)57-21-41(75)62-44)60-52(82)45(27(3)38(72)24-69)63-50(80)36-17-30(70)23-67(36)55(84)34(19-39(56)73)61-49(35)79/h9-12,26-30,33-36,38,44-45,64,69-72H,4-8,13-25H2,1-3H3,(H2,56,73)(H,57,78)(H,58,81)(H,59,74)(H,60,82)(H,61,79)(H,62,75)(H,63,80)/t26-,27+,28?,29?,30+,33+,34-,35+,36-,38+,44-,45-,86?/m0/s1. The number of aliphatic hydroxyl groups is 3. The quantitative estimate of drug-likeness (QED) is 0.0934. The zero-order chi connectivity index (χ0) is 62.4. The van der Waals surface area contributed by atoms with Crippen molar-refractivity contribution in [3.05, 3.63) is 29.8 Å². The van der Waals surface area contributed by atoms with Gasteiger partial charge < -0.3 is 83.1 Å². The first-order chi connectivity index (χ1) is 40.9. The Bertz CT molecular complexity index is 3070. The fourth-order valence-electron chi connectivity index (χ4n) is 11.9. The van der Waals surface area contributed by atoms with Crippen LogP contribution >= 0.6 is 0 Å². The van der Waals surface area contributed by atoms with E-state index in [0.29, 0.717) is 32.1 Å². The number of phenolic OH excluding ortho intramolecular Hbond substituents is 1. The van der Waals surface area contributed by atoms with E-state index in [9.17, 15) is 78.0 Å². The van der Waals surface area contributed by atoms with Crippen LogP contribution in [0, 0.1) is 23.7 Å². The van der Waals surface area contributed by atoms with Crippen LogP contribution in [-0.2, 0) is 74.8 Å². The third kappa shape index (κ3) is 14.4. The predicted molar refractivity (Wildman–Crippen MR) is 302 cm³/mol. The number of carbonyl (C=O) groups excluding carboxylic acids is 12. The molecule has 1 aromatic heterocycles. The van der Waals surface area contributed by atoms with E-state index >= 15 is 4.21 Å². The zero-order valence-electron chi connectivity index (χ0n) is 47.8. The summed E-state index contributed by atoms with van der Waals surface area (Å²) in [5.41, 5.74) is 5.88. The first-order valence-corrected chi connectivity index (χ1v) is 30.1. The van der Waals surface area contributed by atoms with Crippen molar-refractivity contribution in [3.8, 4) is 5.75 Å². The summed E-state index contributed by atoms with van der Waals surface area (Å²) in [5, 5.41) is 61.0. The van der Waals surface area contributed by atoms with Crippen molar-refractivity contribution in [2.45, 2.75) is 126 Å². The molecule has 0 radical (unpaired) electrons. The smallest absolute Gasteiger partial charge is 0.253 e. The van der Waals surface area contributed by atoms with Gasteiger partial charge in [-0.15, -0.1) is 0 Å². The Morgan fingerprint density at radius 1 is 0.779 bits per heavy atom. The summed E-state index contributed by atoms with van der Waals surface area (Å²) in [4.78, 5) is 174. The summed E-state index contributed by atoms with van der Waals surface area (Å²) in [6, 6.07) is -7.62. The summed E-state index contributed by atoms with van der Waals surface area (Å²) in [6.07, 6.45) is 0.0861. The number of benzene rings is 1. The van der Waals surface area contributed by atoms with Gasteiger partial charge in [0.15, 0.2) is 0 Å². The number of rotatable bonds is 11. The normalized spacial score (nSPS) is 29.0. The summed E-state index contributed by atoms with van der Waals surface area (Å²) >= 11 is 0. The van der Waals surface area contributed by atoms with Gasteiger partial charge in [0.1, 0.15) is 52.7 Å². The number of carbonyl (C=O) groups is 12. The molecular formula is C55H75N13O17S. The van der Waals surface area contributed by atoms with E-state index in [2.05, 4.69) is 42.2 Å². The maximum absolute atomic E-state index is 15.4. The first-order valence-electron chi connectivity index (χ1n) is 28.8. The van der Waals surface area contributed by atoms with E-state index < -0.39 is 176 Å². The molecule has 2 aromatic rings. The van der Waals surface area contributed by atoms with E-state index in [1.807, 2.05) is 0 Å². The molecule has 31 heteroatoms. The number of nitrogens with two attached hydrogens (primary N) is 1. The molecule has 1 aliphatic carbocycles. The van der Waals surface area contributed by atoms with Crippen molar-refractivity contribution in [1.29, 1.82) is 0 Å². The molecule has 2 saturated heterocycles. The molecule has 5 aliphatic heterocycles. The summed E-state index contributed by atoms with van der Waals surface area (Å²) in [7, 11) is -2.53. The van der Waals surface area contributed by atoms with Crippen molar-refractivity contribution < 1.29 is 82.2 Å². The van der Waals surface area contributed by atoms with Crippen LogP contribution in [0.1, 0.15) is 71.3 Å². The number of aromatic nitrogens is 1. The number of aromatic amines is 1. The van der Waals surface area contributed by atoms with Crippen molar-refractivity contribution in [2.24, 2.45) is 29.4 Å². The molecule has 6 heterocycles. The van der Waals surface area contributed by atoms with Gasteiger partial charge in [-0.25, -0.2) is 0 Å². The van der Waals surface area contributed by atoms with Gasteiger partial charge in [-0.2, -0.15) is 0 Å². The maximum atomic E-state index is 15.4. The average Bonchev–Trinajstić information content (AvgIpc) is 3.38. The van der Waals surface area contributed by atoms with Crippen LogP contribution in [0.4, 0.5) is 5.69 Å². The van der Waals surface area contributed by atoms with E-state index in [1.54, 1.807) is 23.6 Å². The average molecular weight is 1220 g/mol. The second kappa shape index (κ2) is 27.6. The molecule has 8 rings (SSSR count). The van der Waals surface area contributed by atoms with E-state index in [0.717, 1.165) is 4.90 Å². The van der Waals surface area contributed by atoms with Gasteiger partial charge in [-0.3, -0.25) is 66.6 Å². The van der Waals surface area contributed by atoms with E-state index in [-0.39, 0.29) is 95.2 Å². The highest BCUT2D eigenvalue weighted by Crippen LogP contribution is 2.40. The van der Waals surface area contributed by atoms with Crippen LogP contribution in [0.15, 0.2) is 29.3 Å². The van der Waals surface area contributed by atoms with Gasteiger partial charge in [0, 0.05) is 81.5 Å². The monoisotopic (exact) mass is 1220 g/mol. The van der Waals surface area contributed by atoms with Crippen LogP contribution in [-0.4, -0.2) is 228 Å². The number of imide groups is 1. The molecule has 11 atom stereocenters. The van der Waals surface area contributed by atoms with Crippen molar-refractivity contribution in [1.82, 2.24) is 56.9 Å². The number of phenols is 1. The second-order valence-corrected chi connectivity index (χ2v) is 24.4. The number of hydrogen-bond donors (Lipinski definition) is 13.